The van der Waals surface area contributed by atoms with E-state index in [4.69, 9.17) is 0 Å². The third kappa shape index (κ3) is 16.2. The Balaban J connectivity index is 0.000000926. The van der Waals surface area contributed by atoms with Crippen molar-refractivity contribution in [2.75, 3.05) is 12.3 Å². The molecule has 0 heterocycles. The van der Waals surface area contributed by atoms with Gasteiger partial charge in [-0.1, -0.05) is 121 Å². The van der Waals surface area contributed by atoms with E-state index < -0.39 is 40.0 Å². The Hall–Kier alpha value is -1.48. The Morgan fingerprint density at radius 2 is 0.588 bits per heavy atom. The molecule has 0 aliphatic heterocycles. The van der Waals surface area contributed by atoms with Gasteiger partial charge < -0.3 is 29.4 Å². The maximum Gasteiger partial charge on any atom is 2.00 e. The zero-order chi connectivity index (χ0) is 35.2. The Morgan fingerprint density at radius 3 is 0.765 bits per heavy atom. The van der Waals surface area contributed by atoms with Gasteiger partial charge in [0.15, 0.2) is 0 Å². The molecular weight excluding hydrogens is 1220 g/mol. The second kappa shape index (κ2) is 24.8. The predicted molar refractivity (Wildman–Crippen MR) is 189 cm³/mol. The van der Waals surface area contributed by atoms with E-state index in [1.165, 1.54) is 0 Å². The average molecular weight is 1270 g/mol. The van der Waals surface area contributed by atoms with E-state index in [0.717, 1.165) is 44.5 Å². The third-order valence-electron chi connectivity index (χ3n) is 7.99. The molecule has 0 aliphatic carbocycles. The number of hydrogen-bond acceptors (Lipinski definition) is 6. The van der Waals surface area contributed by atoms with Crippen LogP contribution in [0.3, 0.4) is 0 Å². The quantitative estimate of drug-likeness (QED) is 0.122. The van der Waals surface area contributed by atoms with Crippen molar-refractivity contribution >= 4 is 15.9 Å². The van der Waals surface area contributed by atoms with E-state index in [-0.39, 0.29) is 63.2 Å². The largest absolute Gasteiger partial charge is 2.00 e. The Kier molecular flexibility index (Phi) is 24.0. The first-order chi connectivity index (χ1) is 22.9. The molecule has 276 valence electrons. The van der Waals surface area contributed by atoms with E-state index in [1.807, 2.05) is 97.1 Å². The van der Waals surface area contributed by atoms with Crippen LogP contribution in [0.1, 0.15) is 56.3 Å². The molecule has 6 nitrogen and oxygen atoms in total. The van der Waals surface area contributed by atoms with Gasteiger partial charge in [0.2, 0.25) is 0 Å². The Labute approximate surface area is 347 Å². The topological polar surface area (TPSA) is 138 Å². The molecule has 0 bridgehead atoms. The summed E-state index contributed by atoms with van der Waals surface area (Å²) >= 11 is 0. The van der Waals surface area contributed by atoms with Crippen LogP contribution < -0.4 is 29.4 Å². The van der Waals surface area contributed by atoms with Crippen molar-refractivity contribution in [3.63, 3.8) is 0 Å². The van der Waals surface area contributed by atoms with E-state index in [9.17, 15) is 29.4 Å². The van der Waals surface area contributed by atoms with Crippen molar-refractivity contribution in [2.24, 2.45) is 0 Å². The SMILES string of the molecule is C=CCc1ccccc1C(C[P+]([O-])([O-])[O-])c1ccccc1CC=C.C=CCc1ccccc1C(C[P+]([O-])([O-])[O-])c1ccccc1CC=C.[Pt+2].[Pt+2].[Pt+2]. The van der Waals surface area contributed by atoms with Gasteiger partial charge in [0.1, 0.15) is 0 Å². The van der Waals surface area contributed by atoms with Crippen molar-refractivity contribution in [3.8, 4) is 0 Å². The maximum absolute atomic E-state index is 11.6. The van der Waals surface area contributed by atoms with Gasteiger partial charge >= 0.3 is 63.2 Å². The van der Waals surface area contributed by atoms with Crippen molar-refractivity contribution in [2.45, 2.75) is 37.5 Å². The molecule has 0 atom stereocenters. The van der Waals surface area contributed by atoms with Gasteiger partial charge in [-0.3, -0.25) is 0 Å². The number of benzene rings is 4. The fraction of sp³-hybridized carbons (Fsp3) is 0.200. The molecule has 4 aromatic rings. The van der Waals surface area contributed by atoms with Crippen molar-refractivity contribution in [1.82, 2.24) is 0 Å². The molecule has 0 aromatic heterocycles. The molecular formula is C40H42O6P2Pt3+2. The summed E-state index contributed by atoms with van der Waals surface area (Å²) in [6, 6.07) is 30.4. The van der Waals surface area contributed by atoms with Crippen LogP contribution in [-0.2, 0) is 88.9 Å². The Bertz CT molecular complexity index is 1440. The van der Waals surface area contributed by atoms with Crippen LogP contribution in [0.15, 0.2) is 148 Å². The van der Waals surface area contributed by atoms with Gasteiger partial charge in [-0.05, 0) is 70.2 Å². The smallest absolute Gasteiger partial charge is 0.688 e. The summed E-state index contributed by atoms with van der Waals surface area (Å²) in [5.41, 5.74) is 7.39. The van der Waals surface area contributed by atoms with Crippen LogP contribution in [0, 0.1) is 0 Å². The minimum atomic E-state index is -4.68. The van der Waals surface area contributed by atoms with Crippen LogP contribution in [0.5, 0.6) is 0 Å². The zero-order valence-electron chi connectivity index (χ0n) is 28.1. The molecule has 11 heteroatoms. The van der Waals surface area contributed by atoms with Crippen molar-refractivity contribution < 1.29 is 92.6 Å². The summed E-state index contributed by atoms with van der Waals surface area (Å²) in [7, 11) is -9.36. The molecule has 0 N–H and O–H groups in total. The summed E-state index contributed by atoms with van der Waals surface area (Å²) in [6.07, 6.45) is 8.73. The standard InChI is InChI=1S/2C20H23O3P.3Pt/c2*1-3-9-16-11-5-7-13-18(16)20(15-24(21,22)23)19-14-8-6-12-17(19)10-4-2;;;/h2*3-8,11-14,20H,1-2,9-10,15H2,(H2,21,22,23);;;/q;;3*+2/p-4. The average Bonchev–Trinajstić information content (AvgIpc) is 3.04. The van der Waals surface area contributed by atoms with Crippen LogP contribution in [0.4, 0.5) is 0 Å². The normalized spacial score (nSPS) is 10.8. The van der Waals surface area contributed by atoms with Crippen molar-refractivity contribution in [1.29, 1.82) is 0 Å². The van der Waals surface area contributed by atoms with Crippen LogP contribution in [-0.4, -0.2) is 12.3 Å². The third-order valence-corrected chi connectivity index (χ3v) is 9.62. The first-order valence-electron chi connectivity index (χ1n) is 15.7. The maximum atomic E-state index is 11.6. The summed E-state index contributed by atoms with van der Waals surface area (Å²) in [5, 5.41) is 0. The fourth-order valence-electron chi connectivity index (χ4n) is 6.04. The predicted octanol–water partition coefficient (Wildman–Crippen LogP) is 4.23. The molecule has 0 aliphatic rings. The zero-order valence-corrected chi connectivity index (χ0v) is 36.7. The van der Waals surface area contributed by atoms with Crippen LogP contribution in [0.2, 0.25) is 0 Å². The second-order valence-corrected chi connectivity index (χ2v) is 14.6. The van der Waals surface area contributed by atoms with Crippen LogP contribution in [0.25, 0.3) is 0 Å². The van der Waals surface area contributed by atoms with E-state index in [2.05, 4.69) is 26.3 Å². The van der Waals surface area contributed by atoms with Gasteiger partial charge in [0.05, 0.1) is 12.3 Å². The molecule has 0 unspecified atom stereocenters. The molecule has 0 spiro atoms. The molecule has 0 saturated heterocycles. The van der Waals surface area contributed by atoms with Gasteiger partial charge in [-0.25, -0.2) is 0 Å². The second-order valence-electron chi connectivity index (χ2n) is 11.5. The van der Waals surface area contributed by atoms with Crippen LogP contribution >= 0.6 is 15.9 Å². The Morgan fingerprint density at radius 1 is 0.392 bits per heavy atom. The first kappa shape index (κ1) is 49.5. The monoisotopic (exact) mass is 1270 g/mol. The van der Waals surface area contributed by atoms with E-state index >= 15 is 0 Å². The first-order valence-corrected chi connectivity index (χ1v) is 19.1. The summed E-state index contributed by atoms with van der Waals surface area (Å²) in [6.45, 7) is 15.0. The van der Waals surface area contributed by atoms with E-state index in [1.54, 1.807) is 24.3 Å². The van der Waals surface area contributed by atoms with Gasteiger partial charge in [-0.2, -0.15) is 15.9 Å². The number of rotatable bonds is 16. The molecule has 0 fully saturated rings. The number of hydrogen-bond donors (Lipinski definition) is 0. The summed E-state index contributed by atoms with van der Waals surface area (Å²) in [4.78, 5) is 69.4. The van der Waals surface area contributed by atoms with Crippen molar-refractivity contribution in [3.05, 3.63) is 192 Å². The molecule has 4 aromatic carbocycles. The summed E-state index contributed by atoms with van der Waals surface area (Å²) < 4.78 is 0. The molecule has 51 heavy (non-hydrogen) atoms. The number of allylic oxidation sites excluding steroid dienone is 4. The van der Waals surface area contributed by atoms with Gasteiger partial charge in [0.25, 0.3) is 0 Å². The van der Waals surface area contributed by atoms with E-state index in [0.29, 0.717) is 25.7 Å². The fourth-order valence-corrected chi connectivity index (χ4v) is 7.72. The minimum absolute atomic E-state index is 0. The molecule has 0 radical (unpaired) electrons. The molecule has 0 amide bonds. The summed E-state index contributed by atoms with van der Waals surface area (Å²) in [5.74, 6) is -0.976. The van der Waals surface area contributed by atoms with Gasteiger partial charge in [0, 0.05) is 11.8 Å². The minimum Gasteiger partial charge on any atom is -0.688 e. The van der Waals surface area contributed by atoms with Gasteiger partial charge in [-0.15, -0.1) is 26.3 Å². The molecule has 0 saturated carbocycles. The molecule has 4 rings (SSSR count).